The first kappa shape index (κ1) is 15.1. The number of benzene rings is 1. The highest BCUT2D eigenvalue weighted by atomic mass is 35.5. The van der Waals surface area contributed by atoms with Crippen LogP contribution in [0.1, 0.15) is 10.4 Å². The molecule has 3 aromatic rings. The molecule has 0 aliphatic rings. The van der Waals surface area contributed by atoms with E-state index in [2.05, 4.69) is 15.5 Å². The van der Waals surface area contributed by atoms with E-state index in [9.17, 15) is 4.39 Å². The first-order valence-electron chi connectivity index (χ1n) is 6.39. The number of nitrogens with zero attached hydrogens (tertiary/aromatic N) is 2. The van der Waals surface area contributed by atoms with Gasteiger partial charge in [-0.1, -0.05) is 23.7 Å². The first-order valence-corrected chi connectivity index (χ1v) is 8.47. The third kappa shape index (κ3) is 3.19. The van der Waals surface area contributed by atoms with Gasteiger partial charge in [0, 0.05) is 10.4 Å². The normalized spacial score (nSPS) is 11.2. The van der Waals surface area contributed by atoms with Gasteiger partial charge in [-0.05, 0) is 30.5 Å². The third-order valence-corrected chi connectivity index (χ3v) is 4.99. The quantitative estimate of drug-likeness (QED) is 0.503. The standard InChI is InChI=1S/C15H11ClFN3S2/c1-9-14(13-6-3-7-21-13)19-15(22-9)20-18-8-10-11(16)4-2-5-12(10)17/h2-8H,1H3,(H,19,20)/b18-8-. The number of halogens is 2. The Labute approximate surface area is 140 Å². The van der Waals surface area contributed by atoms with Crippen molar-refractivity contribution in [2.45, 2.75) is 6.92 Å². The van der Waals surface area contributed by atoms with E-state index in [4.69, 9.17) is 11.6 Å². The fraction of sp³-hybridized carbons (Fsp3) is 0.0667. The number of anilines is 1. The van der Waals surface area contributed by atoms with Gasteiger partial charge < -0.3 is 0 Å². The molecule has 2 heterocycles. The summed E-state index contributed by atoms with van der Waals surface area (Å²) < 4.78 is 13.6. The van der Waals surface area contributed by atoms with Crippen molar-refractivity contribution in [1.82, 2.24) is 4.98 Å². The van der Waals surface area contributed by atoms with Crippen LogP contribution in [0, 0.1) is 12.7 Å². The minimum atomic E-state index is -0.410. The van der Waals surface area contributed by atoms with Crippen LogP contribution in [0.3, 0.4) is 0 Å². The Bertz CT molecular complexity index is 792. The van der Waals surface area contributed by atoms with Gasteiger partial charge in [0.2, 0.25) is 5.13 Å². The molecule has 0 fully saturated rings. The van der Waals surface area contributed by atoms with Crippen molar-refractivity contribution >= 4 is 45.6 Å². The molecule has 0 aliphatic heterocycles. The van der Waals surface area contributed by atoms with E-state index >= 15 is 0 Å². The van der Waals surface area contributed by atoms with E-state index in [1.807, 2.05) is 24.4 Å². The molecule has 0 aliphatic carbocycles. The number of hydrogen-bond donors (Lipinski definition) is 1. The van der Waals surface area contributed by atoms with Crippen molar-refractivity contribution in [1.29, 1.82) is 0 Å². The van der Waals surface area contributed by atoms with Crippen LogP contribution in [0.5, 0.6) is 0 Å². The van der Waals surface area contributed by atoms with Gasteiger partial charge in [0.1, 0.15) is 5.82 Å². The number of hydrogen-bond acceptors (Lipinski definition) is 5. The van der Waals surface area contributed by atoms with Gasteiger partial charge in [0.25, 0.3) is 0 Å². The Morgan fingerprint density at radius 1 is 1.32 bits per heavy atom. The topological polar surface area (TPSA) is 37.3 Å². The average molecular weight is 352 g/mol. The number of thiazole rings is 1. The molecule has 0 atom stereocenters. The fourth-order valence-electron chi connectivity index (χ4n) is 1.87. The van der Waals surface area contributed by atoms with Gasteiger partial charge in [0.05, 0.1) is 21.8 Å². The Morgan fingerprint density at radius 2 is 2.18 bits per heavy atom. The molecule has 0 amide bonds. The van der Waals surface area contributed by atoms with Crippen LogP contribution in [0.25, 0.3) is 10.6 Å². The zero-order valence-corrected chi connectivity index (χ0v) is 13.9. The largest absolute Gasteiger partial charge is 0.253 e. The lowest BCUT2D eigenvalue weighted by Gasteiger charge is -1.99. The maximum absolute atomic E-state index is 13.6. The molecule has 3 rings (SSSR count). The number of rotatable bonds is 4. The van der Waals surface area contributed by atoms with Crippen LogP contribution >= 0.6 is 34.3 Å². The molecule has 0 spiro atoms. The zero-order valence-electron chi connectivity index (χ0n) is 11.5. The van der Waals surface area contributed by atoms with Gasteiger partial charge in [-0.15, -0.1) is 22.7 Å². The highest BCUT2D eigenvalue weighted by Crippen LogP contribution is 2.32. The third-order valence-electron chi connectivity index (χ3n) is 2.90. The molecule has 0 unspecified atom stereocenters. The minimum absolute atomic E-state index is 0.253. The molecule has 0 saturated heterocycles. The molecule has 1 aromatic carbocycles. The summed E-state index contributed by atoms with van der Waals surface area (Å²) in [5.74, 6) is -0.410. The van der Waals surface area contributed by atoms with E-state index in [1.54, 1.807) is 23.5 Å². The Kier molecular flexibility index (Phi) is 4.52. The van der Waals surface area contributed by atoms with Crippen LogP contribution in [0.4, 0.5) is 9.52 Å². The summed E-state index contributed by atoms with van der Waals surface area (Å²) in [7, 11) is 0. The molecule has 7 heteroatoms. The van der Waals surface area contributed by atoms with Crippen LogP contribution in [0.15, 0.2) is 40.8 Å². The fourth-order valence-corrected chi connectivity index (χ4v) is 3.70. The van der Waals surface area contributed by atoms with Gasteiger partial charge in [-0.3, -0.25) is 5.43 Å². The summed E-state index contributed by atoms with van der Waals surface area (Å²) in [4.78, 5) is 6.72. The van der Waals surface area contributed by atoms with E-state index in [-0.39, 0.29) is 5.56 Å². The van der Waals surface area contributed by atoms with Crippen molar-refractivity contribution < 1.29 is 4.39 Å². The molecule has 3 nitrogen and oxygen atoms in total. The van der Waals surface area contributed by atoms with Crippen LogP contribution in [0.2, 0.25) is 5.02 Å². The summed E-state index contributed by atoms with van der Waals surface area (Å²) in [6.07, 6.45) is 1.36. The maximum Gasteiger partial charge on any atom is 0.204 e. The molecular weight excluding hydrogens is 341 g/mol. The monoisotopic (exact) mass is 351 g/mol. The summed E-state index contributed by atoms with van der Waals surface area (Å²) in [5, 5.41) is 7.01. The van der Waals surface area contributed by atoms with Gasteiger partial charge in [-0.2, -0.15) is 5.10 Å². The summed E-state index contributed by atoms with van der Waals surface area (Å²) in [6, 6.07) is 8.53. The van der Waals surface area contributed by atoms with Crippen molar-refractivity contribution in [2.24, 2.45) is 5.10 Å². The summed E-state index contributed by atoms with van der Waals surface area (Å²) in [5.41, 5.74) is 4.03. The van der Waals surface area contributed by atoms with Gasteiger partial charge >= 0.3 is 0 Å². The van der Waals surface area contributed by atoms with Crippen LogP contribution < -0.4 is 5.43 Å². The second kappa shape index (κ2) is 6.56. The number of thiophene rings is 1. The van der Waals surface area contributed by atoms with E-state index in [0.717, 1.165) is 15.4 Å². The Balaban J connectivity index is 1.77. The molecule has 22 heavy (non-hydrogen) atoms. The maximum atomic E-state index is 13.6. The Hall–Kier alpha value is -1.76. The summed E-state index contributed by atoms with van der Waals surface area (Å²) >= 11 is 9.08. The molecular formula is C15H11ClFN3S2. The second-order valence-corrected chi connectivity index (χ2v) is 6.96. The van der Waals surface area contributed by atoms with Crippen molar-refractivity contribution in [3.05, 3.63) is 57.0 Å². The molecule has 0 bridgehead atoms. The number of nitrogens with one attached hydrogen (secondary N) is 1. The Morgan fingerprint density at radius 3 is 2.91 bits per heavy atom. The number of aromatic nitrogens is 1. The van der Waals surface area contributed by atoms with E-state index in [0.29, 0.717) is 10.2 Å². The lowest BCUT2D eigenvalue weighted by molar-refractivity contribution is 0.626. The molecule has 0 radical (unpaired) electrons. The summed E-state index contributed by atoms with van der Waals surface area (Å²) in [6.45, 7) is 2.01. The molecule has 0 saturated carbocycles. The first-order chi connectivity index (χ1) is 10.6. The zero-order chi connectivity index (χ0) is 15.5. The molecule has 112 valence electrons. The number of aryl methyl sites for hydroxylation is 1. The lowest BCUT2D eigenvalue weighted by atomic mass is 10.2. The predicted molar refractivity (Wildman–Crippen MR) is 92.8 cm³/mol. The lowest BCUT2D eigenvalue weighted by Crippen LogP contribution is -1.93. The van der Waals surface area contributed by atoms with E-state index < -0.39 is 5.82 Å². The average Bonchev–Trinajstić information content (AvgIpc) is 3.11. The minimum Gasteiger partial charge on any atom is -0.253 e. The van der Waals surface area contributed by atoms with Gasteiger partial charge in [-0.25, -0.2) is 9.37 Å². The molecule has 1 N–H and O–H groups in total. The number of hydrazone groups is 1. The van der Waals surface area contributed by atoms with E-state index in [1.165, 1.54) is 23.6 Å². The smallest absolute Gasteiger partial charge is 0.204 e. The SMILES string of the molecule is Cc1sc(N/N=C\c2c(F)cccc2Cl)nc1-c1cccs1. The van der Waals surface area contributed by atoms with Crippen molar-refractivity contribution in [2.75, 3.05) is 5.43 Å². The highest BCUT2D eigenvalue weighted by molar-refractivity contribution is 7.17. The van der Waals surface area contributed by atoms with Crippen molar-refractivity contribution in [3.63, 3.8) is 0 Å². The molecule has 2 aromatic heterocycles. The highest BCUT2D eigenvalue weighted by Gasteiger charge is 2.10. The predicted octanol–water partition coefficient (Wildman–Crippen LogP) is 5.42. The van der Waals surface area contributed by atoms with Gasteiger partial charge in [0.15, 0.2) is 0 Å². The van der Waals surface area contributed by atoms with Crippen LogP contribution in [-0.4, -0.2) is 11.2 Å². The van der Waals surface area contributed by atoms with Crippen molar-refractivity contribution in [3.8, 4) is 10.6 Å². The van der Waals surface area contributed by atoms with Crippen LogP contribution in [-0.2, 0) is 0 Å². The second-order valence-electron chi connectivity index (χ2n) is 4.41.